The summed E-state index contributed by atoms with van der Waals surface area (Å²) in [7, 11) is 0. The standard InChI is InChI=1S/C23H25Cl2NO4/c24-17-8-6-15(7-9-17)21-22(16-2-1-3-18(25)10-16)30-20(11-19(28)13-27)23(29)26(21)12-14-4-5-14/h1-3,6-10,14,19-22,27-28H,4-5,11-13H2/t19?,20-,21+,22+/m0/s1. The van der Waals surface area contributed by atoms with Crippen LogP contribution in [0.2, 0.25) is 10.0 Å². The number of ether oxygens (including phenoxy) is 1. The van der Waals surface area contributed by atoms with Crippen LogP contribution in [-0.4, -0.2) is 46.4 Å². The topological polar surface area (TPSA) is 70.0 Å². The van der Waals surface area contributed by atoms with Crippen molar-refractivity contribution in [3.05, 3.63) is 69.7 Å². The van der Waals surface area contributed by atoms with Crippen LogP contribution in [0.4, 0.5) is 0 Å². The molecule has 30 heavy (non-hydrogen) atoms. The molecule has 0 spiro atoms. The highest BCUT2D eigenvalue weighted by Crippen LogP contribution is 2.45. The predicted octanol–water partition coefficient (Wildman–Crippen LogP) is 4.16. The van der Waals surface area contributed by atoms with Gasteiger partial charge < -0.3 is 19.8 Å². The van der Waals surface area contributed by atoms with E-state index in [9.17, 15) is 15.0 Å². The highest BCUT2D eigenvalue weighted by molar-refractivity contribution is 6.30. The van der Waals surface area contributed by atoms with Crippen molar-refractivity contribution in [2.45, 2.75) is 43.6 Å². The fourth-order valence-corrected chi connectivity index (χ4v) is 4.34. The first kappa shape index (κ1) is 21.6. The molecule has 1 saturated carbocycles. The molecule has 5 nitrogen and oxygen atoms in total. The predicted molar refractivity (Wildman–Crippen MR) is 115 cm³/mol. The Morgan fingerprint density at radius 1 is 1.07 bits per heavy atom. The molecule has 1 amide bonds. The van der Waals surface area contributed by atoms with Crippen molar-refractivity contribution in [2.75, 3.05) is 13.2 Å². The quantitative estimate of drug-likeness (QED) is 0.665. The van der Waals surface area contributed by atoms with Gasteiger partial charge in [0, 0.05) is 23.0 Å². The largest absolute Gasteiger partial charge is 0.394 e. The number of amides is 1. The molecule has 2 N–H and O–H groups in total. The molecule has 1 aliphatic heterocycles. The average Bonchev–Trinajstić information content (AvgIpc) is 3.55. The van der Waals surface area contributed by atoms with Crippen molar-refractivity contribution in [1.82, 2.24) is 4.90 Å². The molecule has 2 aromatic carbocycles. The van der Waals surface area contributed by atoms with Crippen molar-refractivity contribution in [2.24, 2.45) is 5.92 Å². The Bertz CT molecular complexity index is 887. The van der Waals surface area contributed by atoms with Gasteiger partial charge >= 0.3 is 0 Å². The molecule has 4 atom stereocenters. The molecule has 1 unspecified atom stereocenters. The van der Waals surface area contributed by atoms with Crippen LogP contribution in [0.25, 0.3) is 0 Å². The molecular weight excluding hydrogens is 425 g/mol. The number of carbonyl (C=O) groups excluding carboxylic acids is 1. The van der Waals surface area contributed by atoms with E-state index < -0.39 is 24.9 Å². The van der Waals surface area contributed by atoms with Crippen LogP contribution >= 0.6 is 23.2 Å². The van der Waals surface area contributed by atoms with E-state index in [1.807, 2.05) is 47.4 Å². The van der Waals surface area contributed by atoms with Gasteiger partial charge in [-0.1, -0.05) is 47.5 Å². The third kappa shape index (κ3) is 4.82. The van der Waals surface area contributed by atoms with Gasteiger partial charge in [-0.05, 0) is 54.2 Å². The number of hydrogen-bond acceptors (Lipinski definition) is 4. The van der Waals surface area contributed by atoms with Crippen LogP contribution in [0, 0.1) is 5.92 Å². The number of benzene rings is 2. The monoisotopic (exact) mass is 449 g/mol. The van der Waals surface area contributed by atoms with Gasteiger partial charge in [0.05, 0.1) is 18.8 Å². The van der Waals surface area contributed by atoms with Crippen molar-refractivity contribution in [3.63, 3.8) is 0 Å². The van der Waals surface area contributed by atoms with Gasteiger partial charge in [0.2, 0.25) is 0 Å². The molecule has 1 heterocycles. The molecule has 0 bridgehead atoms. The summed E-state index contributed by atoms with van der Waals surface area (Å²) >= 11 is 12.4. The Morgan fingerprint density at radius 3 is 2.43 bits per heavy atom. The minimum absolute atomic E-state index is 0.0426. The highest BCUT2D eigenvalue weighted by Gasteiger charge is 2.46. The molecule has 2 aliphatic rings. The number of hydrogen-bond donors (Lipinski definition) is 2. The van der Waals surface area contributed by atoms with E-state index in [2.05, 4.69) is 0 Å². The third-order valence-corrected chi connectivity index (χ3v) is 6.22. The van der Waals surface area contributed by atoms with Gasteiger partial charge in [-0.3, -0.25) is 4.79 Å². The van der Waals surface area contributed by atoms with E-state index in [4.69, 9.17) is 27.9 Å². The minimum Gasteiger partial charge on any atom is -0.394 e. The number of halogens is 2. The summed E-state index contributed by atoms with van der Waals surface area (Å²) in [5, 5.41) is 20.5. The Hall–Kier alpha value is -1.63. The lowest BCUT2D eigenvalue weighted by atomic mass is 9.90. The smallest absolute Gasteiger partial charge is 0.252 e. The van der Waals surface area contributed by atoms with Crippen molar-refractivity contribution in [3.8, 4) is 0 Å². The Kier molecular flexibility index (Phi) is 6.66. The van der Waals surface area contributed by atoms with Gasteiger partial charge in [0.1, 0.15) is 12.2 Å². The first-order chi connectivity index (χ1) is 14.5. The number of rotatable bonds is 7. The van der Waals surface area contributed by atoms with Crippen molar-refractivity contribution < 1.29 is 19.7 Å². The number of nitrogens with zero attached hydrogens (tertiary/aromatic N) is 1. The van der Waals surface area contributed by atoms with E-state index >= 15 is 0 Å². The summed E-state index contributed by atoms with van der Waals surface area (Å²) in [6.07, 6.45) is -0.0709. The second-order valence-corrected chi connectivity index (χ2v) is 8.98. The molecule has 2 aromatic rings. The normalized spacial score (nSPS) is 25.4. The summed E-state index contributed by atoms with van der Waals surface area (Å²) in [4.78, 5) is 15.3. The maximum absolute atomic E-state index is 13.4. The van der Waals surface area contributed by atoms with Gasteiger partial charge in [-0.15, -0.1) is 0 Å². The first-order valence-electron chi connectivity index (χ1n) is 10.2. The van der Waals surface area contributed by atoms with E-state index in [-0.39, 0.29) is 18.4 Å². The van der Waals surface area contributed by atoms with Crippen LogP contribution in [0.15, 0.2) is 48.5 Å². The zero-order chi connectivity index (χ0) is 21.3. The van der Waals surface area contributed by atoms with E-state index in [0.717, 1.165) is 24.0 Å². The Balaban J connectivity index is 1.76. The maximum atomic E-state index is 13.4. The summed E-state index contributed by atoms with van der Waals surface area (Å²) in [6, 6.07) is 14.6. The van der Waals surface area contributed by atoms with E-state index in [1.54, 1.807) is 6.07 Å². The highest BCUT2D eigenvalue weighted by atomic mass is 35.5. The van der Waals surface area contributed by atoms with Gasteiger partial charge in [0.25, 0.3) is 5.91 Å². The Labute approximate surface area is 186 Å². The Morgan fingerprint density at radius 2 is 1.80 bits per heavy atom. The number of morpholine rings is 1. The van der Waals surface area contributed by atoms with E-state index in [1.165, 1.54) is 0 Å². The number of aliphatic hydroxyl groups is 2. The van der Waals surface area contributed by atoms with Crippen molar-refractivity contribution >= 4 is 29.1 Å². The molecule has 4 rings (SSSR count). The SMILES string of the molecule is O=C1[C@H](CC(O)CO)O[C@H](c2cccc(Cl)c2)[C@@H](c2ccc(Cl)cc2)N1CC1CC1. The molecule has 0 aromatic heterocycles. The van der Waals surface area contributed by atoms with E-state index in [0.29, 0.717) is 22.5 Å². The lowest BCUT2D eigenvalue weighted by molar-refractivity contribution is -0.179. The first-order valence-corrected chi connectivity index (χ1v) is 11.0. The second-order valence-electron chi connectivity index (χ2n) is 8.10. The minimum atomic E-state index is -1.02. The molecule has 160 valence electrons. The van der Waals surface area contributed by atoms with Crippen LogP contribution < -0.4 is 0 Å². The zero-order valence-corrected chi connectivity index (χ0v) is 18.0. The van der Waals surface area contributed by atoms with Gasteiger partial charge in [-0.2, -0.15) is 0 Å². The second kappa shape index (κ2) is 9.25. The summed E-state index contributed by atoms with van der Waals surface area (Å²) in [5.74, 6) is 0.318. The molecule has 7 heteroatoms. The lowest BCUT2D eigenvalue weighted by Gasteiger charge is -2.45. The van der Waals surface area contributed by atoms with Gasteiger partial charge in [0.15, 0.2) is 0 Å². The lowest BCUT2D eigenvalue weighted by Crippen LogP contribution is -2.52. The molecule has 0 radical (unpaired) electrons. The molecule has 1 saturated heterocycles. The summed E-state index contributed by atoms with van der Waals surface area (Å²) < 4.78 is 6.29. The fraction of sp³-hybridized carbons (Fsp3) is 0.435. The number of carbonyl (C=O) groups is 1. The third-order valence-electron chi connectivity index (χ3n) is 5.73. The van der Waals surface area contributed by atoms with Crippen LogP contribution in [0.1, 0.15) is 42.5 Å². The number of aliphatic hydroxyl groups excluding tert-OH is 2. The summed E-state index contributed by atoms with van der Waals surface area (Å²) in [6.45, 7) is 0.219. The molecular formula is C23H25Cl2NO4. The van der Waals surface area contributed by atoms with Crippen LogP contribution in [0.3, 0.4) is 0 Å². The molecule has 2 fully saturated rings. The average molecular weight is 450 g/mol. The van der Waals surface area contributed by atoms with Crippen LogP contribution in [-0.2, 0) is 9.53 Å². The molecule has 1 aliphatic carbocycles. The zero-order valence-electron chi connectivity index (χ0n) is 16.5. The van der Waals surface area contributed by atoms with Crippen LogP contribution in [0.5, 0.6) is 0 Å². The van der Waals surface area contributed by atoms with Crippen molar-refractivity contribution in [1.29, 1.82) is 0 Å². The van der Waals surface area contributed by atoms with Gasteiger partial charge in [-0.25, -0.2) is 0 Å². The summed E-state index contributed by atoms with van der Waals surface area (Å²) in [5.41, 5.74) is 1.79. The fourth-order valence-electron chi connectivity index (χ4n) is 4.01. The maximum Gasteiger partial charge on any atom is 0.252 e.